The molecule has 3 rings (SSSR count). The lowest BCUT2D eigenvalue weighted by Gasteiger charge is -2.22. The molecule has 0 saturated carbocycles. The molecule has 2 aliphatic heterocycles. The van der Waals surface area contributed by atoms with E-state index in [0.717, 1.165) is 5.56 Å². The second-order valence-electron chi connectivity index (χ2n) is 5.43. The summed E-state index contributed by atoms with van der Waals surface area (Å²) >= 11 is 0. The van der Waals surface area contributed by atoms with Crippen LogP contribution in [0.15, 0.2) is 24.3 Å². The number of rotatable bonds is 2. The minimum atomic E-state index is 0.332. The lowest BCUT2D eigenvalue weighted by Crippen LogP contribution is -2.36. The molecule has 1 aromatic carbocycles. The van der Waals surface area contributed by atoms with Crippen molar-refractivity contribution in [2.24, 2.45) is 0 Å². The third-order valence-electron chi connectivity index (χ3n) is 4.22. The summed E-state index contributed by atoms with van der Waals surface area (Å²) < 4.78 is 0. The Hall–Kier alpha value is -1.31. The van der Waals surface area contributed by atoms with Crippen LogP contribution in [0.1, 0.15) is 36.8 Å². The van der Waals surface area contributed by atoms with E-state index in [2.05, 4.69) is 36.1 Å². The van der Waals surface area contributed by atoms with Crippen molar-refractivity contribution < 1.29 is 4.79 Å². The van der Waals surface area contributed by atoms with Gasteiger partial charge in [-0.3, -0.25) is 4.79 Å². The molecule has 0 spiro atoms. The van der Waals surface area contributed by atoms with Gasteiger partial charge in [0.1, 0.15) is 0 Å². The summed E-state index contributed by atoms with van der Waals surface area (Å²) in [5.74, 6) is 0.332. The van der Waals surface area contributed by atoms with Crippen LogP contribution in [0.25, 0.3) is 0 Å². The van der Waals surface area contributed by atoms with Crippen LogP contribution in [0, 0.1) is 6.92 Å². The fourth-order valence-electron chi connectivity index (χ4n) is 3.29. The molecule has 1 amide bonds. The molecule has 0 unspecified atom stereocenters. The average molecular weight is 229 g/mol. The Bertz CT molecular complexity index is 403. The third kappa shape index (κ3) is 1.97. The van der Waals surface area contributed by atoms with Gasteiger partial charge < -0.3 is 4.90 Å². The van der Waals surface area contributed by atoms with Gasteiger partial charge in [0.2, 0.25) is 5.91 Å². The van der Waals surface area contributed by atoms with Crippen molar-refractivity contribution in [1.29, 1.82) is 0 Å². The molecule has 17 heavy (non-hydrogen) atoms. The third-order valence-corrected chi connectivity index (χ3v) is 4.22. The van der Waals surface area contributed by atoms with Gasteiger partial charge in [-0.05, 0) is 38.2 Å². The summed E-state index contributed by atoms with van der Waals surface area (Å²) in [6.07, 6.45) is 5.48. The Morgan fingerprint density at radius 1 is 1.12 bits per heavy atom. The van der Waals surface area contributed by atoms with E-state index in [1.807, 2.05) is 0 Å². The van der Waals surface area contributed by atoms with Gasteiger partial charge in [0.05, 0.1) is 6.42 Å². The number of carbonyl (C=O) groups excluding carboxylic acids is 1. The highest BCUT2D eigenvalue weighted by molar-refractivity contribution is 5.80. The van der Waals surface area contributed by atoms with Crippen molar-refractivity contribution in [2.75, 3.05) is 0 Å². The molecule has 1 aromatic rings. The van der Waals surface area contributed by atoms with Gasteiger partial charge in [0.15, 0.2) is 0 Å². The van der Waals surface area contributed by atoms with Crippen molar-refractivity contribution in [3.8, 4) is 0 Å². The van der Waals surface area contributed by atoms with Crippen LogP contribution in [0.5, 0.6) is 0 Å². The van der Waals surface area contributed by atoms with E-state index in [1.165, 1.54) is 31.2 Å². The van der Waals surface area contributed by atoms with E-state index in [1.54, 1.807) is 0 Å². The molecule has 0 aromatic heterocycles. The minimum Gasteiger partial charge on any atom is -0.336 e. The van der Waals surface area contributed by atoms with Crippen LogP contribution >= 0.6 is 0 Å². The first kappa shape index (κ1) is 10.8. The average Bonchev–Trinajstić information content (AvgIpc) is 2.91. The van der Waals surface area contributed by atoms with Crippen LogP contribution < -0.4 is 0 Å². The molecule has 0 atom stereocenters. The van der Waals surface area contributed by atoms with Crippen LogP contribution in [0.4, 0.5) is 0 Å². The van der Waals surface area contributed by atoms with E-state index >= 15 is 0 Å². The van der Waals surface area contributed by atoms with Gasteiger partial charge >= 0.3 is 0 Å². The van der Waals surface area contributed by atoms with E-state index in [4.69, 9.17) is 0 Å². The van der Waals surface area contributed by atoms with Crippen molar-refractivity contribution in [3.63, 3.8) is 0 Å². The van der Waals surface area contributed by atoms with Gasteiger partial charge in [-0.25, -0.2) is 0 Å². The summed E-state index contributed by atoms with van der Waals surface area (Å²) in [6, 6.07) is 9.43. The number of nitrogens with zero attached hydrogens (tertiary/aromatic N) is 1. The second kappa shape index (κ2) is 4.17. The van der Waals surface area contributed by atoms with Gasteiger partial charge in [-0.2, -0.15) is 0 Å². The molecule has 2 aliphatic rings. The Kier molecular flexibility index (Phi) is 2.65. The highest BCUT2D eigenvalue weighted by atomic mass is 16.2. The zero-order valence-corrected chi connectivity index (χ0v) is 10.4. The van der Waals surface area contributed by atoms with Gasteiger partial charge in [0, 0.05) is 12.1 Å². The number of hydrogen-bond donors (Lipinski definition) is 0. The molecule has 90 valence electrons. The number of carbonyl (C=O) groups is 1. The zero-order chi connectivity index (χ0) is 11.8. The molecule has 0 aliphatic carbocycles. The van der Waals surface area contributed by atoms with Crippen LogP contribution in [-0.4, -0.2) is 22.9 Å². The van der Waals surface area contributed by atoms with Gasteiger partial charge in [-0.15, -0.1) is 0 Å². The summed E-state index contributed by atoms with van der Waals surface area (Å²) in [5, 5.41) is 0. The fraction of sp³-hybridized carbons (Fsp3) is 0.533. The molecule has 2 heterocycles. The quantitative estimate of drug-likeness (QED) is 0.763. The first-order chi connectivity index (χ1) is 8.24. The Balaban J connectivity index is 1.69. The highest BCUT2D eigenvalue weighted by Crippen LogP contribution is 2.37. The van der Waals surface area contributed by atoms with Crippen molar-refractivity contribution in [3.05, 3.63) is 35.4 Å². The summed E-state index contributed by atoms with van der Waals surface area (Å²) in [6.45, 7) is 2.08. The standard InChI is InChI=1S/C15H19NO/c1-11-2-4-12(5-3-11)10-15(17)16-13-6-7-14(16)9-8-13/h2-5,13-14H,6-10H2,1H3. The molecule has 2 bridgehead atoms. The highest BCUT2D eigenvalue weighted by Gasteiger charge is 2.41. The van der Waals surface area contributed by atoms with Crippen LogP contribution in [0.2, 0.25) is 0 Å². The Morgan fingerprint density at radius 2 is 1.65 bits per heavy atom. The van der Waals surface area contributed by atoms with E-state index in [0.29, 0.717) is 24.4 Å². The number of amides is 1. The van der Waals surface area contributed by atoms with E-state index in [9.17, 15) is 4.79 Å². The predicted octanol–water partition coefficient (Wildman–Crippen LogP) is 2.69. The number of fused-ring (bicyclic) bond motifs is 2. The maximum absolute atomic E-state index is 12.3. The number of hydrogen-bond acceptors (Lipinski definition) is 1. The van der Waals surface area contributed by atoms with E-state index < -0.39 is 0 Å². The number of benzene rings is 1. The normalized spacial score (nSPS) is 26.5. The lowest BCUT2D eigenvalue weighted by atomic mass is 10.0. The molecule has 2 saturated heterocycles. The minimum absolute atomic E-state index is 0.332. The maximum Gasteiger partial charge on any atom is 0.227 e. The fourth-order valence-corrected chi connectivity index (χ4v) is 3.29. The molecule has 0 radical (unpaired) electrons. The smallest absolute Gasteiger partial charge is 0.227 e. The Labute approximate surface area is 103 Å². The zero-order valence-electron chi connectivity index (χ0n) is 10.4. The first-order valence-corrected chi connectivity index (χ1v) is 6.61. The van der Waals surface area contributed by atoms with Crippen molar-refractivity contribution in [1.82, 2.24) is 4.90 Å². The summed E-state index contributed by atoms with van der Waals surface area (Å²) in [5.41, 5.74) is 2.40. The largest absolute Gasteiger partial charge is 0.336 e. The first-order valence-electron chi connectivity index (χ1n) is 6.61. The van der Waals surface area contributed by atoms with Crippen LogP contribution in [-0.2, 0) is 11.2 Å². The van der Waals surface area contributed by atoms with Crippen molar-refractivity contribution in [2.45, 2.75) is 51.1 Å². The molecule has 2 heteroatoms. The maximum atomic E-state index is 12.3. The molecule has 2 fully saturated rings. The number of aryl methyl sites for hydroxylation is 1. The summed E-state index contributed by atoms with van der Waals surface area (Å²) in [7, 11) is 0. The molecular formula is C15H19NO. The predicted molar refractivity (Wildman–Crippen MR) is 67.8 cm³/mol. The second-order valence-corrected chi connectivity index (χ2v) is 5.43. The molecule has 2 nitrogen and oxygen atoms in total. The lowest BCUT2D eigenvalue weighted by molar-refractivity contribution is -0.131. The van der Waals surface area contributed by atoms with Gasteiger partial charge in [0.25, 0.3) is 0 Å². The monoisotopic (exact) mass is 229 g/mol. The Morgan fingerprint density at radius 3 is 2.18 bits per heavy atom. The SMILES string of the molecule is Cc1ccc(CC(=O)N2C3CCC2CC3)cc1. The molecular weight excluding hydrogens is 210 g/mol. The topological polar surface area (TPSA) is 20.3 Å². The summed E-state index contributed by atoms with van der Waals surface area (Å²) in [4.78, 5) is 14.5. The van der Waals surface area contributed by atoms with E-state index in [-0.39, 0.29) is 0 Å². The van der Waals surface area contributed by atoms with Crippen LogP contribution in [0.3, 0.4) is 0 Å². The molecule has 0 N–H and O–H groups in total. The van der Waals surface area contributed by atoms with Crippen molar-refractivity contribution >= 4 is 5.91 Å². The van der Waals surface area contributed by atoms with Gasteiger partial charge in [-0.1, -0.05) is 29.8 Å².